The van der Waals surface area contributed by atoms with Crippen LogP contribution in [0.2, 0.25) is 0 Å². The quantitative estimate of drug-likeness (QED) is 0.269. The lowest BCUT2D eigenvalue weighted by Crippen LogP contribution is -2.59. The Bertz CT molecular complexity index is 1050. The predicted molar refractivity (Wildman–Crippen MR) is 141 cm³/mol. The minimum Gasteiger partial charge on any atom is -0.303 e. The summed E-state index contributed by atoms with van der Waals surface area (Å²) in [6.45, 7) is 22.9. The molecule has 0 saturated heterocycles. The van der Waals surface area contributed by atoms with Crippen LogP contribution in [0.5, 0.6) is 0 Å². The zero-order valence-corrected chi connectivity index (χ0v) is 24.2. The van der Waals surface area contributed by atoms with E-state index in [1.807, 2.05) is 33.4 Å². The molecule has 0 heterocycles. The van der Waals surface area contributed by atoms with Crippen molar-refractivity contribution in [1.29, 1.82) is 0 Å². The number of rotatable bonds is 2. The van der Waals surface area contributed by atoms with Crippen molar-refractivity contribution in [2.45, 2.75) is 101 Å². The van der Waals surface area contributed by atoms with E-state index in [1.165, 1.54) is 38.5 Å². The van der Waals surface area contributed by atoms with Crippen molar-refractivity contribution < 1.29 is 19.2 Å². The first kappa shape index (κ1) is 26.0. The van der Waals surface area contributed by atoms with Crippen LogP contribution < -0.4 is 0 Å². The largest absolute Gasteiger partial charge is 0.466 e. The van der Waals surface area contributed by atoms with E-state index in [0.29, 0.717) is 21.7 Å². The van der Waals surface area contributed by atoms with Gasteiger partial charge < -0.3 is 14.7 Å². The highest BCUT2D eigenvalue weighted by molar-refractivity contribution is 7.45. The third-order valence-electron chi connectivity index (χ3n) is 12.8. The van der Waals surface area contributed by atoms with E-state index in [4.69, 9.17) is 19.2 Å². The molecule has 5 heteroatoms. The Labute approximate surface area is 212 Å². The van der Waals surface area contributed by atoms with Gasteiger partial charge in [0.1, 0.15) is 0 Å². The first-order valence-electron chi connectivity index (χ1n) is 13.7. The van der Waals surface area contributed by atoms with Gasteiger partial charge in [0.05, 0.1) is 0 Å². The highest BCUT2D eigenvalue weighted by Gasteiger charge is 2.65. The van der Waals surface area contributed by atoms with Gasteiger partial charge in [-0.1, -0.05) is 75.0 Å². The summed E-state index contributed by atoms with van der Waals surface area (Å²) in [5, 5.41) is 0. The van der Waals surface area contributed by atoms with Crippen molar-refractivity contribution in [1.82, 2.24) is 0 Å². The van der Waals surface area contributed by atoms with Crippen molar-refractivity contribution in [3.05, 3.63) is 33.4 Å². The molecule has 0 aromatic carbocycles. The van der Waals surface area contributed by atoms with Crippen molar-refractivity contribution in [2.24, 2.45) is 51.2 Å². The van der Waals surface area contributed by atoms with E-state index in [1.54, 1.807) is 0 Å². The number of hydrogen-bond donors (Lipinski definition) is 3. The first-order valence-corrected chi connectivity index (χ1v) is 15.3. The highest BCUT2D eigenvalue weighted by atomic mass is 31.2. The van der Waals surface area contributed by atoms with Crippen LogP contribution in [-0.2, 0) is 4.57 Å². The van der Waals surface area contributed by atoms with Crippen molar-refractivity contribution >= 4 is 7.82 Å². The predicted octanol–water partition coefficient (Wildman–Crippen LogP) is 7.58. The van der Waals surface area contributed by atoms with Gasteiger partial charge in [-0.3, -0.25) is 0 Å². The first-order chi connectivity index (χ1) is 15.8. The lowest BCUT2D eigenvalue weighted by molar-refractivity contribution is -0.0426. The molecule has 3 N–H and O–H groups in total. The van der Waals surface area contributed by atoms with Crippen LogP contribution in [0, 0.1) is 51.2 Å². The molecule has 196 valence electrons. The summed E-state index contributed by atoms with van der Waals surface area (Å²) in [6, 6.07) is 0. The molecule has 0 amide bonds. The van der Waals surface area contributed by atoms with Gasteiger partial charge in [-0.15, -0.1) is 0 Å². The van der Waals surface area contributed by atoms with Crippen LogP contribution in [0.4, 0.5) is 0 Å². The number of allylic oxidation sites excluding steroid dienone is 6. The molecule has 35 heavy (non-hydrogen) atoms. The van der Waals surface area contributed by atoms with Crippen LogP contribution >= 0.6 is 7.82 Å². The monoisotopic (exact) mass is 502 g/mol. The Balaban J connectivity index is 0.000000464. The van der Waals surface area contributed by atoms with Gasteiger partial charge in [0.15, 0.2) is 0 Å². The third-order valence-corrected chi connectivity index (χ3v) is 12.8. The molecular weight excluding hydrogens is 455 g/mol. The van der Waals surface area contributed by atoms with Gasteiger partial charge in [0.2, 0.25) is 0 Å². The van der Waals surface area contributed by atoms with Crippen LogP contribution in [-0.4, -0.2) is 14.7 Å². The molecule has 0 aromatic heterocycles. The molecular formula is C30H47O4P. The summed E-state index contributed by atoms with van der Waals surface area (Å²) in [5.74, 6) is 4.35. The second kappa shape index (κ2) is 7.46. The summed E-state index contributed by atoms with van der Waals surface area (Å²) in [6.07, 6.45) is 8.56. The maximum absolute atomic E-state index is 8.88. The Morgan fingerprint density at radius 3 is 1.29 bits per heavy atom. The Hall–Kier alpha value is -0.670. The summed E-state index contributed by atoms with van der Waals surface area (Å²) in [7, 11) is -4.64. The third kappa shape index (κ3) is 3.38. The minimum atomic E-state index is -4.64. The summed E-state index contributed by atoms with van der Waals surface area (Å²) in [5.41, 5.74) is 12.8. The van der Waals surface area contributed by atoms with E-state index in [-0.39, 0.29) is 0 Å². The SMILES string of the molecule is CC1=C2CC(CC1C1(C3CC4CC(=C3C)C4(C)C)CC3CC(=C1C)C3(C)C)C2(C)C.O=P(O)(O)O. The van der Waals surface area contributed by atoms with Crippen molar-refractivity contribution in [3.8, 4) is 0 Å². The fourth-order valence-corrected chi connectivity index (χ4v) is 10.1. The molecule has 0 aromatic rings. The van der Waals surface area contributed by atoms with Gasteiger partial charge in [0.25, 0.3) is 0 Å². The Kier molecular flexibility index (Phi) is 5.53. The summed E-state index contributed by atoms with van der Waals surface area (Å²) in [4.78, 5) is 21.6. The molecule has 9 aliphatic carbocycles. The molecule has 0 radical (unpaired) electrons. The second-order valence-electron chi connectivity index (χ2n) is 14.6. The minimum absolute atomic E-state index is 0.419. The van der Waals surface area contributed by atoms with Crippen LogP contribution in [0.25, 0.3) is 0 Å². The maximum atomic E-state index is 8.88. The summed E-state index contributed by atoms with van der Waals surface area (Å²) >= 11 is 0. The zero-order chi connectivity index (χ0) is 26.1. The number of fused-ring (bicyclic) bond motifs is 8. The number of phosphoric acid groups is 1. The van der Waals surface area contributed by atoms with E-state index in [2.05, 4.69) is 62.3 Å². The van der Waals surface area contributed by atoms with Crippen LogP contribution in [0.3, 0.4) is 0 Å². The maximum Gasteiger partial charge on any atom is 0.466 e. The van der Waals surface area contributed by atoms with Crippen LogP contribution in [0.15, 0.2) is 33.4 Å². The highest BCUT2D eigenvalue weighted by Crippen LogP contribution is 2.75. The van der Waals surface area contributed by atoms with Crippen molar-refractivity contribution in [3.63, 3.8) is 0 Å². The fraction of sp³-hybridized carbons (Fsp3) is 0.800. The summed E-state index contributed by atoms with van der Waals surface area (Å²) < 4.78 is 8.88. The van der Waals surface area contributed by atoms with E-state index >= 15 is 0 Å². The molecule has 9 aliphatic rings. The molecule has 3 saturated carbocycles. The molecule has 4 nitrogen and oxygen atoms in total. The average Bonchev–Trinajstić information content (AvgIpc) is 2.72. The van der Waals surface area contributed by atoms with E-state index < -0.39 is 7.82 Å². The smallest absolute Gasteiger partial charge is 0.303 e. The van der Waals surface area contributed by atoms with Gasteiger partial charge in [-0.25, -0.2) is 4.57 Å². The van der Waals surface area contributed by atoms with Gasteiger partial charge in [0, 0.05) is 5.41 Å². The fourth-order valence-electron chi connectivity index (χ4n) is 10.1. The normalized spacial score (nSPS) is 41.9. The molecule has 5 unspecified atom stereocenters. The van der Waals surface area contributed by atoms with Gasteiger partial charge in [-0.2, -0.15) is 0 Å². The van der Waals surface area contributed by atoms with Gasteiger partial charge in [-0.05, 0) is 105 Å². The van der Waals surface area contributed by atoms with Gasteiger partial charge >= 0.3 is 7.82 Å². The Morgan fingerprint density at radius 2 is 1.00 bits per heavy atom. The standard InChI is InChI=1S/C30H44.H3O4P/c1-16-22-10-19(27(22,4)5)12-24(16)30(15-21-14-26(18(30)3)29(21,8)9)25-13-20-11-23(17(25)2)28(20,6)7;1-5(2,3)4/h19-21,24-25H,10-15H2,1-9H3;(H3,1,2,3,4). The van der Waals surface area contributed by atoms with Crippen LogP contribution in [0.1, 0.15) is 101 Å². The van der Waals surface area contributed by atoms with E-state index in [9.17, 15) is 0 Å². The zero-order valence-electron chi connectivity index (χ0n) is 23.3. The number of hydrogen-bond acceptors (Lipinski definition) is 1. The topological polar surface area (TPSA) is 77.8 Å². The average molecular weight is 503 g/mol. The lowest BCUT2D eigenvalue weighted by Gasteiger charge is -2.69. The molecule has 9 rings (SSSR count). The lowest BCUT2D eigenvalue weighted by atomic mass is 9.36. The molecule has 5 atom stereocenters. The van der Waals surface area contributed by atoms with Crippen molar-refractivity contribution in [2.75, 3.05) is 0 Å². The Morgan fingerprint density at radius 1 is 0.657 bits per heavy atom. The molecule has 3 fully saturated rings. The molecule has 0 aliphatic heterocycles. The molecule has 0 spiro atoms. The molecule has 6 bridgehead atoms. The second-order valence-corrected chi connectivity index (χ2v) is 15.7. The van der Waals surface area contributed by atoms with E-state index in [0.717, 1.165) is 29.6 Å².